The topological polar surface area (TPSA) is 37.8 Å². The van der Waals surface area contributed by atoms with Crippen LogP contribution in [0.4, 0.5) is 0 Å². The van der Waals surface area contributed by atoms with Gasteiger partial charge in [-0.25, -0.2) is 0 Å². The van der Waals surface area contributed by atoms with E-state index in [9.17, 15) is 0 Å². The Balaban J connectivity index is 2.19. The molecule has 0 saturated heterocycles. The van der Waals surface area contributed by atoms with E-state index in [2.05, 4.69) is 62.4 Å². The zero-order valence-corrected chi connectivity index (χ0v) is 13.3. The Hall–Kier alpha value is -1.78. The highest BCUT2D eigenvalue weighted by molar-refractivity contribution is 9.10. The normalized spacial score (nSPS) is 12.5. The second-order valence-electron chi connectivity index (χ2n) is 4.78. The van der Waals surface area contributed by atoms with Gasteiger partial charge >= 0.3 is 0 Å². The highest BCUT2D eigenvalue weighted by Crippen LogP contribution is 2.30. The van der Waals surface area contributed by atoms with Crippen LogP contribution in [0.5, 0.6) is 0 Å². The molecule has 0 fully saturated rings. The van der Waals surface area contributed by atoms with Crippen molar-refractivity contribution in [2.75, 3.05) is 6.54 Å². The molecule has 2 heterocycles. The van der Waals surface area contributed by atoms with Gasteiger partial charge in [-0.3, -0.25) is 9.97 Å². The molecule has 1 unspecified atom stereocenters. The lowest BCUT2D eigenvalue weighted by atomic mass is 9.99. The lowest BCUT2D eigenvalue weighted by Crippen LogP contribution is -2.23. The number of nitrogens with one attached hydrogen (secondary N) is 1. The molecule has 2 aromatic heterocycles. The summed E-state index contributed by atoms with van der Waals surface area (Å²) in [5.41, 5.74) is 3.15. The fourth-order valence-corrected chi connectivity index (χ4v) is 3.01. The van der Waals surface area contributed by atoms with Crippen LogP contribution in [0, 0.1) is 0 Å². The van der Waals surface area contributed by atoms with E-state index >= 15 is 0 Å². The zero-order valence-electron chi connectivity index (χ0n) is 11.8. The van der Waals surface area contributed by atoms with Gasteiger partial charge in [-0.2, -0.15) is 0 Å². The van der Waals surface area contributed by atoms with Crippen molar-refractivity contribution in [3.05, 3.63) is 70.6 Å². The smallest absolute Gasteiger partial charge is 0.0784 e. The molecule has 106 valence electrons. The Labute approximate surface area is 132 Å². The predicted molar refractivity (Wildman–Crippen MR) is 89.2 cm³/mol. The van der Waals surface area contributed by atoms with Gasteiger partial charge in [-0.15, -0.1) is 0 Å². The van der Waals surface area contributed by atoms with E-state index in [-0.39, 0.29) is 6.04 Å². The van der Waals surface area contributed by atoms with Crippen molar-refractivity contribution in [1.29, 1.82) is 0 Å². The van der Waals surface area contributed by atoms with Gasteiger partial charge in [0.05, 0.1) is 17.3 Å². The van der Waals surface area contributed by atoms with Gasteiger partial charge in [0, 0.05) is 27.8 Å². The molecule has 0 saturated carbocycles. The average molecular weight is 342 g/mol. The molecule has 0 radical (unpaired) electrons. The number of para-hydroxylation sites is 1. The molecule has 0 aliphatic rings. The van der Waals surface area contributed by atoms with Crippen LogP contribution >= 0.6 is 15.9 Å². The SMILES string of the molecule is CCNC(c1ncccc1Br)c1cccc2cccnc12. The summed E-state index contributed by atoms with van der Waals surface area (Å²) in [4.78, 5) is 9.10. The van der Waals surface area contributed by atoms with Gasteiger partial charge in [-0.1, -0.05) is 31.2 Å². The summed E-state index contributed by atoms with van der Waals surface area (Å²) in [5, 5.41) is 4.66. The van der Waals surface area contributed by atoms with E-state index in [1.807, 2.05) is 30.6 Å². The first-order chi connectivity index (χ1) is 10.3. The maximum absolute atomic E-state index is 4.56. The molecule has 0 aliphatic carbocycles. The Morgan fingerprint density at radius 1 is 1.05 bits per heavy atom. The molecule has 4 heteroatoms. The van der Waals surface area contributed by atoms with E-state index < -0.39 is 0 Å². The number of rotatable bonds is 4. The molecule has 3 nitrogen and oxygen atoms in total. The van der Waals surface area contributed by atoms with Crippen molar-refractivity contribution in [3.8, 4) is 0 Å². The molecule has 21 heavy (non-hydrogen) atoms. The lowest BCUT2D eigenvalue weighted by Gasteiger charge is -2.20. The molecule has 3 aromatic rings. The third-order valence-corrected chi connectivity index (χ3v) is 4.11. The van der Waals surface area contributed by atoms with Crippen LogP contribution in [-0.4, -0.2) is 16.5 Å². The molecule has 1 atom stereocenters. The second-order valence-corrected chi connectivity index (χ2v) is 5.64. The third kappa shape index (κ3) is 2.82. The zero-order chi connectivity index (χ0) is 14.7. The van der Waals surface area contributed by atoms with Crippen LogP contribution in [0.2, 0.25) is 0 Å². The molecule has 0 spiro atoms. The van der Waals surface area contributed by atoms with Crippen molar-refractivity contribution in [2.45, 2.75) is 13.0 Å². The fourth-order valence-electron chi connectivity index (χ4n) is 2.53. The second kappa shape index (κ2) is 6.33. The number of nitrogens with zero attached hydrogens (tertiary/aromatic N) is 2. The molecule has 1 N–H and O–H groups in total. The van der Waals surface area contributed by atoms with Gasteiger partial charge in [-0.05, 0) is 40.7 Å². The molecule has 0 aliphatic heterocycles. The van der Waals surface area contributed by atoms with Crippen molar-refractivity contribution in [2.24, 2.45) is 0 Å². The van der Waals surface area contributed by atoms with Crippen LogP contribution in [0.1, 0.15) is 24.2 Å². The number of aromatic nitrogens is 2. The van der Waals surface area contributed by atoms with Crippen molar-refractivity contribution >= 4 is 26.8 Å². The fraction of sp³-hybridized carbons (Fsp3) is 0.176. The number of halogens is 1. The van der Waals surface area contributed by atoms with Crippen molar-refractivity contribution in [3.63, 3.8) is 0 Å². The minimum atomic E-state index is 0.0178. The molecule has 1 aromatic carbocycles. The average Bonchev–Trinajstić information content (AvgIpc) is 2.53. The Morgan fingerprint density at radius 2 is 1.81 bits per heavy atom. The summed E-state index contributed by atoms with van der Waals surface area (Å²) in [6.07, 6.45) is 3.66. The number of benzene rings is 1. The first kappa shape index (κ1) is 14.2. The van der Waals surface area contributed by atoms with Crippen LogP contribution in [0.25, 0.3) is 10.9 Å². The molecular formula is C17H16BrN3. The predicted octanol–water partition coefficient (Wildman–Crippen LogP) is 4.09. The largest absolute Gasteiger partial charge is 0.305 e. The van der Waals surface area contributed by atoms with Crippen LogP contribution in [0.3, 0.4) is 0 Å². The minimum Gasteiger partial charge on any atom is -0.305 e. The van der Waals surface area contributed by atoms with E-state index in [0.717, 1.165) is 33.2 Å². The summed E-state index contributed by atoms with van der Waals surface area (Å²) in [7, 11) is 0. The lowest BCUT2D eigenvalue weighted by molar-refractivity contribution is 0.616. The van der Waals surface area contributed by atoms with Gasteiger partial charge < -0.3 is 5.32 Å². The number of pyridine rings is 2. The van der Waals surface area contributed by atoms with Gasteiger partial charge in [0.25, 0.3) is 0 Å². The van der Waals surface area contributed by atoms with Gasteiger partial charge in [0.15, 0.2) is 0 Å². The molecule has 0 amide bonds. The van der Waals surface area contributed by atoms with Crippen molar-refractivity contribution < 1.29 is 0 Å². The van der Waals surface area contributed by atoms with E-state index in [1.165, 1.54) is 0 Å². The molecule has 3 rings (SSSR count). The Bertz CT molecular complexity index is 752. The first-order valence-corrected chi connectivity index (χ1v) is 7.78. The number of hydrogen-bond acceptors (Lipinski definition) is 3. The molecular weight excluding hydrogens is 326 g/mol. The summed E-state index contributed by atoms with van der Waals surface area (Å²) < 4.78 is 1.00. The third-order valence-electron chi connectivity index (χ3n) is 3.44. The van der Waals surface area contributed by atoms with Crippen LogP contribution in [-0.2, 0) is 0 Å². The summed E-state index contributed by atoms with van der Waals surface area (Å²) in [6, 6.07) is 14.3. The summed E-state index contributed by atoms with van der Waals surface area (Å²) in [5.74, 6) is 0. The highest BCUT2D eigenvalue weighted by Gasteiger charge is 2.19. The quantitative estimate of drug-likeness (QED) is 0.776. The van der Waals surface area contributed by atoms with Crippen LogP contribution in [0.15, 0.2) is 59.3 Å². The Morgan fingerprint density at radius 3 is 2.62 bits per heavy atom. The van der Waals surface area contributed by atoms with Gasteiger partial charge in [0.2, 0.25) is 0 Å². The first-order valence-electron chi connectivity index (χ1n) is 6.98. The summed E-state index contributed by atoms with van der Waals surface area (Å²) >= 11 is 3.61. The van der Waals surface area contributed by atoms with Crippen molar-refractivity contribution in [1.82, 2.24) is 15.3 Å². The standard InChI is InChI=1S/C17H16BrN3/c1-2-19-16(17-14(18)9-5-11-21-17)13-8-3-6-12-7-4-10-20-15(12)13/h3-11,16,19H,2H2,1H3. The van der Waals surface area contributed by atoms with E-state index in [0.29, 0.717) is 0 Å². The maximum Gasteiger partial charge on any atom is 0.0784 e. The monoisotopic (exact) mass is 341 g/mol. The Kier molecular flexibility index (Phi) is 4.27. The number of hydrogen-bond donors (Lipinski definition) is 1. The van der Waals surface area contributed by atoms with E-state index in [1.54, 1.807) is 0 Å². The molecule has 0 bridgehead atoms. The minimum absolute atomic E-state index is 0.0178. The van der Waals surface area contributed by atoms with Crippen LogP contribution < -0.4 is 5.32 Å². The summed E-state index contributed by atoms with van der Waals surface area (Å²) in [6.45, 7) is 2.96. The maximum atomic E-state index is 4.56. The van der Waals surface area contributed by atoms with E-state index in [4.69, 9.17) is 0 Å². The van der Waals surface area contributed by atoms with Gasteiger partial charge in [0.1, 0.15) is 0 Å². The number of fused-ring (bicyclic) bond motifs is 1. The highest BCUT2D eigenvalue weighted by atomic mass is 79.9.